The van der Waals surface area contributed by atoms with Gasteiger partial charge in [0.2, 0.25) is 0 Å². The molecule has 0 amide bonds. The summed E-state index contributed by atoms with van der Waals surface area (Å²) in [7, 11) is 0. The number of hydrogen-bond acceptors (Lipinski definition) is 3. The number of nitrogens with zero attached hydrogens (tertiary/aromatic N) is 1. The number of rotatable bonds is 3. The first-order valence-corrected chi connectivity index (χ1v) is 5.36. The van der Waals surface area contributed by atoms with Gasteiger partial charge in [0.05, 0.1) is 4.92 Å². The average Bonchev–Trinajstić information content (AvgIpc) is 2.49. The van der Waals surface area contributed by atoms with E-state index < -0.39 is 4.92 Å². The van der Waals surface area contributed by atoms with Crippen LogP contribution in [0, 0.1) is 23.0 Å². The predicted molar refractivity (Wildman–Crippen MR) is 72.9 cm³/mol. The molecule has 0 aromatic heterocycles. The summed E-state index contributed by atoms with van der Waals surface area (Å²) in [5.41, 5.74) is 0.395. The molecule has 0 aliphatic heterocycles. The van der Waals surface area contributed by atoms with Crippen molar-refractivity contribution in [2.45, 2.75) is 0 Å². The van der Waals surface area contributed by atoms with Crippen LogP contribution < -0.4 is 0 Å². The van der Waals surface area contributed by atoms with Crippen LogP contribution in [0.15, 0.2) is 54.6 Å². The molecule has 0 fully saturated rings. The van der Waals surface area contributed by atoms with Gasteiger partial charge in [-0.05, 0) is 6.07 Å². The summed E-state index contributed by atoms with van der Waals surface area (Å²) >= 11 is 0. The maximum absolute atomic E-state index is 12.1. The molecule has 2 aromatic carbocycles. The van der Waals surface area contributed by atoms with E-state index in [0.29, 0.717) is 5.56 Å². The zero-order valence-electron chi connectivity index (χ0n) is 10.0. The minimum atomic E-state index is -0.545. The van der Waals surface area contributed by atoms with Crippen molar-refractivity contribution >= 4 is 11.5 Å². The lowest BCUT2D eigenvalue weighted by molar-refractivity contribution is -0.385. The summed E-state index contributed by atoms with van der Waals surface area (Å²) in [5.74, 6) is -0.335. The van der Waals surface area contributed by atoms with Gasteiger partial charge < -0.3 is 0 Å². The molecule has 0 spiro atoms. The molecule has 2 aromatic rings. The number of hydrogen-bond donors (Lipinski definition) is 0. The van der Waals surface area contributed by atoms with Gasteiger partial charge in [0, 0.05) is 11.6 Å². The predicted octanol–water partition coefficient (Wildman–Crippen LogP) is 3.08. The Labute approximate surface area is 110 Å². The molecular weight excluding hydrogens is 242 g/mol. The van der Waals surface area contributed by atoms with Crippen molar-refractivity contribution in [1.82, 2.24) is 0 Å². The van der Waals surface area contributed by atoms with Gasteiger partial charge in [0.25, 0.3) is 5.69 Å². The Kier molecular flexibility index (Phi) is 5.00. The van der Waals surface area contributed by atoms with Crippen LogP contribution in [0.4, 0.5) is 5.69 Å². The first kappa shape index (κ1) is 14.1. The number of para-hydroxylation sites is 1. The van der Waals surface area contributed by atoms with Gasteiger partial charge in [-0.1, -0.05) is 42.5 Å². The molecule has 4 heteroatoms. The third-order valence-corrected chi connectivity index (χ3v) is 2.38. The van der Waals surface area contributed by atoms with Crippen molar-refractivity contribution in [2.24, 2.45) is 0 Å². The highest BCUT2D eigenvalue weighted by Gasteiger charge is 2.19. The van der Waals surface area contributed by atoms with Crippen molar-refractivity contribution < 1.29 is 9.72 Å². The highest BCUT2D eigenvalue weighted by Crippen LogP contribution is 2.20. The van der Waals surface area contributed by atoms with Crippen molar-refractivity contribution in [2.75, 3.05) is 0 Å². The van der Waals surface area contributed by atoms with E-state index in [4.69, 9.17) is 0 Å². The van der Waals surface area contributed by atoms with Crippen LogP contribution in [-0.4, -0.2) is 10.7 Å². The van der Waals surface area contributed by atoms with Crippen LogP contribution in [0.2, 0.25) is 0 Å². The Hall–Kier alpha value is -2.93. The van der Waals surface area contributed by atoms with Crippen molar-refractivity contribution in [3.05, 3.63) is 75.8 Å². The van der Waals surface area contributed by atoms with Gasteiger partial charge >= 0.3 is 0 Å². The first-order valence-electron chi connectivity index (χ1n) is 5.36. The van der Waals surface area contributed by atoms with Crippen LogP contribution in [0.1, 0.15) is 15.9 Å². The number of terminal acetylenes is 1. The molecule has 0 heterocycles. The second kappa shape index (κ2) is 6.72. The van der Waals surface area contributed by atoms with E-state index in [1.807, 2.05) is 0 Å². The van der Waals surface area contributed by atoms with Crippen LogP contribution in [-0.2, 0) is 0 Å². The lowest BCUT2D eigenvalue weighted by Gasteiger charge is -2.01. The number of carbonyl (C=O) groups is 1. The molecule has 0 unspecified atom stereocenters. The fraction of sp³-hybridized carbons (Fsp3) is 0. The number of benzene rings is 2. The van der Waals surface area contributed by atoms with Crippen LogP contribution >= 0.6 is 0 Å². The number of nitro groups is 1. The number of carbonyl (C=O) groups excluding carboxylic acids is 1. The van der Waals surface area contributed by atoms with Gasteiger partial charge in [-0.15, -0.1) is 12.8 Å². The van der Waals surface area contributed by atoms with Crippen molar-refractivity contribution in [3.8, 4) is 12.8 Å². The van der Waals surface area contributed by atoms with Gasteiger partial charge in [0.15, 0.2) is 5.78 Å². The second-order valence-corrected chi connectivity index (χ2v) is 3.47. The molecule has 19 heavy (non-hydrogen) atoms. The molecule has 0 saturated carbocycles. The van der Waals surface area contributed by atoms with E-state index in [1.54, 1.807) is 42.5 Å². The molecule has 0 aliphatic carbocycles. The van der Waals surface area contributed by atoms with Gasteiger partial charge in [0.1, 0.15) is 5.56 Å². The average molecular weight is 253 g/mol. The zero-order chi connectivity index (χ0) is 14.3. The van der Waals surface area contributed by atoms with Gasteiger partial charge in [-0.2, -0.15) is 0 Å². The number of nitro benzene ring substituents is 1. The third-order valence-electron chi connectivity index (χ3n) is 2.38. The molecule has 0 atom stereocenters. The van der Waals surface area contributed by atoms with Crippen LogP contribution in [0.5, 0.6) is 0 Å². The Morgan fingerprint density at radius 1 is 0.947 bits per heavy atom. The topological polar surface area (TPSA) is 60.2 Å². The van der Waals surface area contributed by atoms with E-state index in [0.717, 1.165) is 0 Å². The molecule has 0 radical (unpaired) electrons. The summed E-state index contributed by atoms with van der Waals surface area (Å²) in [6.07, 6.45) is 8.00. The third kappa shape index (κ3) is 3.27. The SMILES string of the molecule is C#C.O=C(c1ccccc1)c1ccccc1[N+](=O)[O-]. The fourth-order valence-electron chi connectivity index (χ4n) is 1.57. The molecule has 94 valence electrons. The van der Waals surface area contributed by atoms with Gasteiger partial charge in [-0.3, -0.25) is 14.9 Å². The number of ketones is 1. The Bertz CT molecular complexity index is 603. The molecule has 0 bridgehead atoms. The monoisotopic (exact) mass is 253 g/mol. The maximum atomic E-state index is 12.1. The van der Waals surface area contributed by atoms with E-state index in [2.05, 4.69) is 12.8 Å². The summed E-state index contributed by atoms with van der Waals surface area (Å²) < 4.78 is 0. The van der Waals surface area contributed by atoms with Crippen LogP contribution in [0.25, 0.3) is 0 Å². The lowest BCUT2D eigenvalue weighted by Crippen LogP contribution is -2.04. The summed E-state index contributed by atoms with van der Waals surface area (Å²) in [5, 5.41) is 10.8. The Morgan fingerprint density at radius 3 is 2.05 bits per heavy atom. The largest absolute Gasteiger partial charge is 0.288 e. The maximum Gasteiger partial charge on any atom is 0.280 e. The molecule has 0 saturated heterocycles. The molecule has 0 aliphatic rings. The standard InChI is InChI=1S/C13H9NO3.C2H2/c15-13(10-6-2-1-3-7-10)11-8-4-5-9-12(11)14(16)17;1-2/h1-9H;1-2H. The second-order valence-electron chi connectivity index (χ2n) is 3.47. The summed E-state index contributed by atoms with van der Waals surface area (Å²) in [6.45, 7) is 0. The summed E-state index contributed by atoms with van der Waals surface area (Å²) in [6, 6.07) is 14.5. The quantitative estimate of drug-likeness (QED) is 0.365. The Balaban J connectivity index is 0.000000861. The smallest absolute Gasteiger partial charge is 0.280 e. The van der Waals surface area contributed by atoms with Crippen molar-refractivity contribution in [1.29, 1.82) is 0 Å². The molecule has 4 nitrogen and oxygen atoms in total. The normalized spacial score (nSPS) is 8.95. The van der Waals surface area contributed by atoms with Crippen molar-refractivity contribution in [3.63, 3.8) is 0 Å². The minimum Gasteiger partial charge on any atom is -0.288 e. The fourth-order valence-corrected chi connectivity index (χ4v) is 1.57. The lowest BCUT2D eigenvalue weighted by atomic mass is 10.0. The summed E-state index contributed by atoms with van der Waals surface area (Å²) in [4.78, 5) is 22.3. The van der Waals surface area contributed by atoms with E-state index in [1.165, 1.54) is 12.1 Å². The van der Waals surface area contributed by atoms with Gasteiger partial charge in [-0.25, -0.2) is 0 Å². The van der Waals surface area contributed by atoms with E-state index >= 15 is 0 Å². The highest BCUT2D eigenvalue weighted by atomic mass is 16.6. The zero-order valence-corrected chi connectivity index (χ0v) is 10.0. The first-order chi connectivity index (χ1) is 9.20. The Morgan fingerprint density at radius 2 is 1.47 bits per heavy atom. The molecule has 2 rings (SSSR count). The molecule has 0 N–H and O–H groups in total. The minimum absolute atomic E-state index is 0.115. The van der Waals surface area contributed by atoms with Crippen LogP contribution in [0.3, 0.4) is 0 Å². The van der Waals surface area contributed by atoms with E-state index in [9.17, 15) is 14.9 Å². The molecular formula is C15H11NO3. The van der Waals surface area contributed by atoms with E-state index in [-0.39, 0.29) is 17.0 Å². The highest BCUT2D eigenvalue weighted by molar-refractivity contribution is 6.11.